The lowest BCUT2D eigenvalue weighted by molar-refractivity contribution is 0.217. The molecule has 0 amide bonds. The maximum atomic E-state index is 6.08. The Kier molecular flexibility index (Phi) is 5.54. The molecule has 0 saturated heterocycles. The molecule has 0 spiro atoms. The van der Waals surface area contributed by atoms with Crippen LogP contribution < -0.4 is 5.73 Å². The zero-order chi connectivity index (χ0) is 10.8. The van der Waals surface area contributed by atoms with Gasteiger partial charge in [0.1, 0.15) is 0 Å². The van der Waals surface area contributed by atoms with Crippen LogP contribution in [-0.4, -0.2) is 24.5 Å². The first-order valence-corrected chi connectivity index (χ1v) is 6.60. The molecular weight excluding hydrogens is 263 g/mol. The van der Waals surface area contributed by atoms with Gasteiger partial charge < -0.3 is 5.73 Å². The first-order valence-electron chi connectivity index (χ1n) is 5.34. The minimum Gasteiger partial charge on any atom is -0.329 e. The van der Waals surface area contributed by atoms with Crippen molar-refractivity contribution >= 4 is 35.3 Å². The molecular formula is C11H18Cl2N2S. The van der Waals surface area contributed by atoms with Crippen molar-refractivity contribution in [3.63, 3.8) is 0 Å². The van der Waals surface area contributed by atoms with E-state index in [1.165, 1.54) is 17.7 Å². The molecule has 1 aliphatic carbocycles. The van der Waals surface area contributed by atoms with Crippen LogP contribution in [0.15, 0.2) is 11.4 Å². The Labute approximate surface area is 112 Å². The van der Waals surface area contributed by atoms with Gasteiger partial charge in [0.05, 0.1) is 5.02 Å². The van der Waals surface area contributed by atoms with Gasteiger partial charge in [0.25, 0.3) is 0 Å². The molecule has 5 heteroatoms. The fourth-order valence-corrected chi connectivity index (χ4v) is 3.15. The smallest absolute Gasteiger partial charge is 0.0558 e. The van der Waals surface area contributed by atoms with Gasteiger partial charge in [-0.1, -0.05) is 11.6 Å². The first kappa shape index (κ1) is 14.3. The van der Waals surface area contributed by atoms with E-state index >= 15 is 0 Å². The predicted molar refractivity (Wildman–Crippen MR) is 73.6 cm³/mol. The summed E-state index contributed by atoms with van der Waals surface area (Å²) >= 11 is 7.80. The normalized spacial score (nSPS) is 17.2. The molecule has 1 saturated carbocycles. The van der Waals surface area contributed by atoms with E-state index in [9.17, 15) is 0 Å². The Bertz CT molecular complexity index is 326. The van der Waals surface area contributed by atoms with Gasteiger partial charge in [-0.05, 0) is 37.3 Å². The SMILES string of the molecule is CN(Cc1sccc1Cl)C(CN)C1CC1.Cl. The monoisotopic (exact) mass is 280 g/mol. The van der Waals surface area contributed by atoms with Crippen LogP contribution in [0.4, 0.5) is 0 Å². The molecule has 1 fully saturated rings. The third kappa shape index (κ3) is 3.34. The van der Waals surface area contributed by atoms with Crippen LogP contribution in [0.1, 0.15) is 17.7 Å². The Balaban J connectivity index is 0.00000128. The van der Waals surface area contributed by atoms with Crippen molar-refractivity contribution in [2.24, 2.45) is 11.7 Å². The molecule has 0 aromatic carbocycles. The summed E-state index contributed by atoms with van der Waals surface area (Å²) in [6.07, 6.45) is 2.68. The van der Waals surface area contributed by atoms with Crippen LogP contribution in [0.3, 0.4) is 0 Å². The minimum atomic E-state index is 0. The highest BCUT2D eigenvalue weighted by Gasteiger charge is 2.32. The number of halogens is 2. The van der Waals surface area contributed by atoms with Crippen molar-refractivity contribution in [3.05, 3.63) is 21.3 Å². The molecule has 1 atom stereocenters. The van der Waals surface area contributed by atoms with Gasteiger partial charge in [-0.2, -0.15) is 0 Å². The number of thiophene rings is 1. The van der Waals surface area contributed by atoms with Crippen LogP contribution in [0.25, 0.3) is 0 Å². The average molecular weight is 281 g/mol. The highest BCUT2D eigenvalue weighted by molar-refractivity contribution is 7.10. The second-order valence-electron chi connectivity index (χ2n) is 4.25. The third-order valence-corrected chi connectivity index (χ3v) is 4.43. The van der Waals surface area contributed by atoms with Crippen molar-refractivity contribution in [1.82, 2.24) is 4.90 Å². The Morgan fingerprint density at radius 2 is 2.31 bits per heavy atom. The fourth-order valence-electron chi connectivity index (χ4n) is 1.99. The molecule has 16 heavy (non-hydrogen) atoms. The van der Waals surface area contributed by atoms with Crippen LogP contribution >= 0.6 is 35.3 Å². The van der Waals surface area contributed by atoms with E-state index < -0.39 is 0 Å². The Morgan fingerprint density at radius 1 is 1.62 bits per heavy atom. The van der Waals surface area contributed by atoms with Gasteiger partial charge in [-0.15, -0.1) is 23.7 Å². The fraction of sp³-hybridized carbons (Fsp3) is 0.636. The molecule has 2 nitrogen and oxygen atoms in total. The Hall–Kier alpha value is 0.200. The summed E-state index contributed by atoms with van der Waals surface area (Å²) in [4.78, 5) is 3.59. The van der Waals surface area contributed by atoms with Crippen molar-refractivity contribution in [2.45, 2.75) is 25.4 Å². The zero-order valence-corrected chi connectivity index (χ0v) is 11.7. The molecule has 0 radical (unpaired) electrons. The second-order valence-corrected chi connectivity index (χ2v) is 5.66. The highest BCUT2D eigenvalue weighted by atomic mass is 35.5. The molecule has 1 aliphatic rings. The molecule has 2 rings (SSSR count). The quantitative estimate of drug-likeness (QED) is 0.899. The standard InChI is InChI=1S/C11H17ClN2S.ClH/c1-14(10(6-13)8-2-3-8)7-11-9(12)4-5-15-11;/h4-5,8,10H,2-3,6-7,13H2,1H3;1H. The highest BCUT2D eigenvalue weighted by Crippen LogP contribution is 2.35. The molecule has 1 aromatic heterocycles. The summed E-state index contributed by atoms with van der Waals surface area (Å²) < 4.78 is 0. The third-order valence-electron chi connectivity index (χ3n) is 3.06. The van der Waals surface area contributed by atoms with E-state index in [-0.39, 0.29) is 12.4 Å². The van der Waals surface area contributed by atoms with Crippen molar-refractivity contribution in [3.8, 4) is 0 Å². The van der Waals surface area contributed by atoms with Crippen LogP contribution in [0.2, 0.25) is 5.02 Å². The predicted octanol–water partition coefficient (Wildman–Crippen LogP) is 2.99. The maximum absolute atomic E-state index is 6.08. The lowest BCUT2D eigenvalue weighted by Crippen LogP contribution is -2.38. The number of rotatable bonds is 5. The maximum Gasteiger partial charge on any atom is 0.0558 e. The molecule has 1 unspecified atom stereocenters. The van der Waals surface area contributed by atoms with Gasteiger partial charge in [0, 0.05) is 24.0 Å². The summed E-state index contributed by atoms with van der Waals surface area (Å²) in [5.41, 5.74) is 5.81. The average Bonchev–Trinajstić information content (AvgIpc) is 2.95. The van der Waals surface area contributed by atoms with Crippen LogP contribution in [0.5, 0.6) is 0 Å². The van der Waals surface area contributed by atoms with E-state index in [1.807, 2.05) is 11.4 Å². The van der Waals surface area contributed by atoms with E-state index in [2.05, 4.69) is 11.9 Å². The molecule has 0 bridgehead atoms. The molecule has 92 valence electrons. The van der Waals surface area contributed by atoms with Crippen molar-refractivity contribution < 1.29 is 0 Å². The van der Waals surface area contributed by atoms with Crippen LogP contribution in [0, 0.1) is 5.92 Å². The van der Waals surface area contributed by atoms with Gasteiger partial charge in [0.2, 0.25) is 0 Å². The van der Waals surface area contributed by atoms with Gasteiger partial charge in [0.15, 0.2) is 0 Å². The van der Waals surface area contributed by atoms with E-state index in [1.54, 1.807) is 11.3 Å². The first-order chi connectivity index (χ1) is 7.22. The molecule has 0 aliphatic heterocycles. The summed E-state index contributed by atoms with van der Waals surface area (Å²) in [5, 5.41) is 2.93. The zero-order valence-electron chi connectivity index (χ0n) is 9.36. The minimum absolute atomic E-state index is 0. The summed E-state index contributed by atoms with van der Waals surface area (Å²) in [7, 11) is 2.14. The summed E-state index contributed by atoms with van der Waals surface area (Å²) in [6, 6.07) is 2.49. The van der Waals surface area contributed by atoms with E-state index in [4.69, 9.17) is 17.3 Å². The molecule has 2 N–H and O–H groups in total. The largest absolute Gasteiger partial charge is 0.329 e. The second kappa shape index (κ2) is 6.22. The van der Waals surface area contributed by atoms with Gasteiger partial charge >= 0.3 is 0 Å². The topological polar surface area (TPSA) is 29.3 Å². The lowest BCUT2D eigenvalue weighted by atomic mass is 10.1. The van der Waals surface area contributed by atoms with Gasteiger partial charge in [-0.3, -0.25) is 4.90 Å². The van der Waals surface area contributed by atoms with Gasteiger partial charge in [-0.25, -0.2) is 0 Å². The molecule has 1 heterocycles. The number of nitrogens with two attached hydrogens (primary N) is 1. The number of nitrogens with zero attached hydrogens (tertiary/aromatic N) is 1. The summed E-state index contributed by atoms with van der Waals surface area (Å²) in [5.74, 6) is 0.818. The van der Waals surface area contributed by atoms with Crippen LogP contribution in [-0.2, 0) is 6.54 Å². The Morgan fingerprint density at radius 3 is 2.75 bits per heavy atom. The number of hydrogen-bond donors (Lipinski definition) is 1. The van der Waals surface area contributed by atoms with E-state index in [0.717, 1.165) is 24.0 Å². The van der Waals surface area contributed by atoms with E-state index in [0.29, 0.717) is 6.04 Å². The number of likely N-dealkylation sites (N-methyl/N-ethyl adjacent to an activating group) is 1. The molecule has 1 aromatic rings. The van der Waals surface area contributed by atoms with Crippen molar-refractivity contribution in [2.75, 3.05) is 13.6 Å². The summed E-state index contributed by atoms with van der Waals surface area (Å²) in [6.45, 7) is 1.68. The number of hydrogen-bond acceptors (Lipinski definition) is 3. The van der Waals surface area contributed by atoms with Crippen molar-refractivity contribution in [1.29, 1.82) is 0 Å². The lowest BCUT2D eigenvalue weighted by Gasteiger charge is -2.26.